The molecule has 11 heteroatoms. The Bertz CT molecular complexity index is 898. The number of anilines is 1. The number of benzene rings is 1. The number of nitrogens with zero attached hydrogens (tertiary/aromatic N) is 1. The van der Waals surface area contributed by atoms with Gasteiger partial charge in [-0.1, -0.05) is 155 Å². The average molecular weight is 710 g/mol. The molecular weight excluding hydrogens is 643 g/mol. The number of amides is 1. The first-order chi connectivity index (χ1) is 18.7. The van der Waals surface area contributed by atoms with E-state index >= 15 is 0 Å². The number of hydrogen-bond acceptors (Lipinski definition) is 1. The van der Waals surface area contributed by atoms with Crippen molar-refractivity contribution >= 4 is 92.6 Å². The molecule has 5 radical (unpaired) electrons. The molecule has 0 bridgehead atoms. The Hall–Kier alpha value is 0.642. The van der Waals surface area contributed by atoms with Gasteiger partial charge in [-0.25, -0.2) is 0 Å². The van der Waals surface area contributed by atoms with Crippen molar-refractivity contribution in [3.63, 3.8) is 0 Å². The Labute approximate surface area is 269 Å². The number of rotatable bonds is 19. The quantitative estimate of drug-likeness (QED) is 0.104. The highest BCUT2D eigenvalue weighted by molar-refractivity contribution is 7.51. The van der Waals surface area contributed by atoms with Crippen molar-refractivity contribution in [3.8, 4) is 0 Å². The summed E-state index contributed by atoms with van der Waals surface area (Å²) in [6.45, 7) is 37.7. The molecule has 0 unspecified atom stereocenters. The van der Waals surface area contributed by atoms with E-state index in [0.717, 1.165) is 12.1 Å². The summed E-state index contributed by atoms with van der Waals surface area (Å²) in [6, 6.07) is 11.9. The Kier molecular flexibility index (Phi) is 16.3. The van der Waals surface area contributed by atoms with Gasteiger partial charge in [-0.15, -0.1) is 0 Å². The van der Waals surface area contributed by atoms with E-state index in [-0.39, 0.29) is 44.0 Å². The van der Waals surface area contributed by atoms with Crippen LogP contribution in [0.3, 0.4) is 0 Å². The molecule has 0 spiro atoms. The third kappa shape index (κ3) is 12.5. The van der Waals surface area contributed by atoms with Crippen LogP contribution in [0, 0.1) is 0 Å². The summed E-state index contributed by atoms with van der Waals surface area (Å²) in [5.74, 6) is 0. The molecule has 233 valence electrons. The highest BCUT2D eigenvalue weighted by Gasteiger charge is 2.56. The Morgan fingerprint density at radius 2 is 1.07 bits per heavy atom. The molecule has 41 heavy (non-hydrogen) atoms. The minimum Gasteiger partial charge on any atom is -0.318 e. The molecule has 1 rings (SSSR count). The zero-order valence-electron chi connectivity index (χ0n) is 29.9. The predicted octanol–water partition coefficient (Wildman–Crippen LogP) is 8.89. The second-order valence-electron chi connectivity index (χ2n) is 16.5. The van der Waals surface area contributed by atoms with Crippen LogP contribution in [0.25, 0.3) is 0 Å². The molecule has 0 saturated carbocycles. The first-order valence-electron chi connectivity index (χ1n) is 15.9. The standard InChI is InChI=1S/C30H66NOSi9/c1-31(22-32)29-17-16-18-30(21-29)39(14,15)20-19-38(12,13)28-41(26-36(8)9,27-37(10)11)40(23-33(2)3,24-34(4)5)25-35(6)7/h16-18,21-22H,19-20,23-28H2,1-15H3. The van der Waals surface area contributed by atoms with E-state index in [0.29, 0.717) is 0 Å². The monoisotopic (exact) mass is 708 g/mol. The summed E-state index contributed by atoms with van der Waals surface area (Å²) >= 11 is 0. The fourth-order valence-corrected chi connectivity index (χ4v) is 109. The van der Waals surface area contributed by atoms with Crippen molar-refractivity contribution in [2.45, 2.75) is 138 Å². The molecule has 1 aromatic rings. The summed E-state index contributed by atoms with van der Waals surface area (Å²) in [6.07, 6.45) is 0.941. The first kappa shape index (κ1) is 39.7. The lowest BCUT2D eigenvalue weighted by Crippen LogP contribution is -2.70. The summed E-state index contributed by atoms with van der Waals surface area (Å²) in [5.41, 5.74) is 11.6. The lowest BCUT2D eigenvalue weighted by molar-refractivity contribution is -0.107. The van der Waals surface area contributed by atoms with Crippen LogP contribution in [0.1, 0.15) is 0 Å². The van der Waals surface area contributed by atoms with Crippen LogP contribution in [0.4, 0.5) is 5.69 Å². The van der Waals surface area contributed by atoms with Crippen molar-refractivity contribution in [1.82, 2.24) is 0 Å². The van der Waals surface area contributed by atoms with E-state index in [1.54, 1.807) is 38.9 Å². The molecule has 0 aliphatic rings. The topological polar surface area (TPSA) is 20.3 Å². The van der Waals surface area contributed by atoms with E-state index in [1.165, 1.54) is 17.3 Å². The van der Waals surface area contributed by atoms with Gasteiger partial charge in [0, 0.05) is 80.0 Å². The largest absolute Gasteiger partial charge is 0.318 e. The minimum atomic E-state index is -1.60. The summed E-state index contributed by atoms with van der Waals surface area (Å²) < 4.78 is 0. The minimum absolute atomic E-state index is 0.227. The Morgan fingerprint density at radius 3 is 1.46 bits per heavy atom. The molecule has 0 aliphatic carbocycles. The molecule has 1 amide bonds. The van der Waals surface area contributed by atoms with Gasteiger partial charge in [-0.3, -0.25) is 4.79 Å². The van der Waals surface area contributed by atoms with Gasteiger partial charge in [0.05, 0.1) is 8.07 Å². The van der Waals surface area contributed by atoms with Gasteiger partial charge in [0.15, 0.2) is 0 Å². The van der Waals surface area contributed by atoms with E-state index in [1.807, 2.05) is 7.05 Å². The van der Waals surface area contributed by atoms with Crippen LogP contribution in [0.5, 0.6) is 0 Å². The maximum atomic E-state index is 11.4. The van der Waals surface area contributed by atoms with Gasteiger partial charge in [0.1, 0.15) is 0 Å². The van der Waals surface area contributed by atoms with Crippen LogP contribution >= 0.6 is 0 Å². The maximum absolute atomic E-state index is 11.4. The molecule has 0 N–H and O–H groups in total. The lowest BCUT2D eigenvalue weighted by Gasteiger charge is -2.55. The van der Waals surface area contributed by atoms with Gasteiger partial charge >= 0.3 is 0 Å². The normalized spacial score (nSPS) is 13.8. The van der Waals surface area contributed by atoms with Crippen LogP contribution < -0.4 is 10.1 Å². The SMILES string of the molecule is CN(C=O)c1cccc([Si](C)(C)CC[Si](C)(C)C[Si](C[Si](C)C)(C[Si](C)C)[Si](C[Si](C)C)(C[Si](C)C)C[Si](C)C)c1. The second-order valence-corrected chi connectivity index (χ2v) is 58.2. The molecule has 0 fully saturated rings. The van der Waals surface area contributed by atoms with Crippen molar-refractivity contribution in [2.24, 2.45) is 0 Å². The highest BCUT2D eigenvalue weighted by atomic mass is 29.3. The van der Waals surface area contributed by atoms with E-state index in [4.69, 9.17) is 0 Å². The van der Waals surface area contributed by atoms with E-state index < -0.39 is 31.3 Å². The fraction of sp³-hybridized carbons (Fsp3) is 0.767. The van der Waals surface area contributed by atoms with Gasteiger partial charge in [-0.2, -0.15) is 0 Å². The molecule has 0 heterocycles. The molecule has 0 aliphatic heterocycles. The highest BCUT2D eigenvalue weighted by Crippen LogP contribution is 2.46. The van der Waals surface area contributed by atoms with Crippen LogP contribution in [-0.2, 0) is 4.79 Å². The maximum Gasteiger partial charge on any atom is 0.213 e. The van der Waals surface area contributed by atoms with Gasteiger partial charge < -0.3 is 4.90 Å². The molecule has 0 saturated heterocycles. The smallest absolute Gasteiger partial charge is 0.213 e. The average Bonchev–Trinajstić information content (AvgIpc) is 2.80. The van der Waals surface area contributed by atoms with Gasteiger partial charge in [-0.05, 0) is 12.1 Å². The zero-order chi connectivity index (χ0) is 31.8. The molecule has 0 aromatic heterocycles. The number of carbonyl (C=O) groups excluding carboxylic acids is 1. The number of carbonyl (C=O) groups is 1. The van der Waals surface area contributed by atoms with E-state index in [9.17, 15) is 4.79 Å². The molecule has 1 aromatic carbocycles. The zero-order valence-corrected chi connectivity index (χ0v) is 38.9. The van der Waals surface area contributed by atoms with Crippen LogP contribution in [-0.4, -0.2) is 88.8 Å². The van der Waals surface area contributed by atoms with Crippen LogP contribution in [0.15, 0.2) is 24.3 Å². The molecule has 0 atom stereocenters. The molecule has 2 nitrogen and oxygen atoms in total. The van der Waals surface area contributed by atoms with E-state index in [2.05, 4.69) is 116 Å². The fourth-order valence-electron chi connectivity index (χ4n) is 7.89. The lowest BCUT2D eigenvalue weighted by atomic mass is 10.3. The van der Waals surface area contributed by atoms with Crippen molar-refractivity contribution in [3.05, 3.63) is 24.3 Å². The summed E-state index contributed by atoms with van der Waals surface area (Å²) in [4.78, 5) is 13.2. The third-order valence-electron chi connectivity index (χ3n) is 9.02. The van der Waals surface area contributed by atoms with Gasteiger partial charge in [0.25, 0.3) is 0 Å². The number of hydrogen-bond donors (Lipinski definition) is 0. The van der Waals surface area contributed by atoms with Crippen molar-refractivity contribution < 1.29 is 4.79 Å². The summed E-state index contributed by atoms with van der Waals surface area (Å²) in [5, 5.41) is 1.53. The Balaban J connectivity index is 3.61. The van der Waals surface area contributed by atoms with Crippen LogP contribution in [0.2, 0.25) is 138 Å². The van der Waals surface area contributed by atoms with Crippen molar-refractivity contribution in [2.75, 3.05) is 11.9 Å². The van der Waals surface area contributed by atoms with Crippen molar-refractivity contribution in [1.29, 1.82) is 0 Å². The van der Waals surface area contributed by atoms with Gasteiger partial charge in [0.2, 0.25) is 6.41 Å². The molecular formula is C30H66NOSi9. The third-order valence-corrected chi connectivity index (χ3v) is 67.3. The Morgan fingerprint density at radius 1 is 0.659 bits per heavy atom. The predicted molar refractivity (Wildman–Crippen MR) is 213 cm³/mol. The first-order valence-corrected chi connectivity index (χ1v) is 42.3. The summed E-state index contributed by atoms with van der Waals surface area (Å²) in [7, 11) is -5.01. The second kappa shape index (κ2) is 16.8.